The summed E-state index contributed by atoms with van der Waals surface area (Å²) in [4.78, 5) is 0. The van der Waals surface area contributed by atoms with Crippen molar-refractivity contribution in [2.75, 3.05) is 0 Å². The van der Waals surface area contributed by atoms with Crippen LogP contribution in [0.1, 0.15) is 12.5 Å². The van der Waals surface area contributed by atoms with Crippen LogP contribution in [0.3, 0.4) is 0 Å². The van der Waals surface area contributed by atoms with E-state index in [-0.39, 0.29) is 0 Å². The average Bonchev–Trinajstić information content (AvgIpc) is 2.08. The van der Waals surface area contributed by atoms with Crippen LogP contribution in [0.4, 0.5) is 0 Å². The summed E-state index contributed by atoms with van der Waals surface area (Å²) >= 11 is 11.6. The first kappa shape index (κ1) is 9.36. The zero-order valence-corrected chi connectivity index (χ0v) is 7.89. The largest absolute Gasteiger partial charge is 0.411 e. The van der Waals surface area contributed by atoms with Crippen molar-refractivity contribution in [1.29, 1.82) is 0 Å². The monoisotopic (exact) mass is 203 g/mol. The topological polar surface area (TPSA) is 32.6 Å². The molecule has 64 valence electrons. The Kier molecular flexibility index (Phi) is 2.95. The lowest BCUT2D eigenvalue weighted by Gasteiger charge is -2.02. The molecule has 2 nitrogen and oxygen atoms in total. The van der Waals surface area contributed by atoms with Crippen LogP contribution in [-0.4, -0.2) is 10.9 Å². The highest BCUT2D eigenvalue weighted by Crippen LogP contribution is 2.25. The summed E-state index contributed by atoms with van der Waals surface area (Å²) in [5.74, 6) is 0. The van der Waals surface area contributed by atoms with Gasteiger partial charge in [-0.3, -0.25) is 0 Å². The fourth-order valence-electron chi connectivity index (χ4n) is 0.837. The van der Waals surface area contributed by atoms with Gasteiger partial charge < -0.3 is 5.21 Å². The van der Waals surface area contributed by atoms with Crippen LogP contribution in [0.2, 0.25) is 10.0 Å². The fraction of sp³-hybridized carbons (Fsp3) is 0.125. The number of benzene rings is 1. The summed E-state index contributed by atoms with van der Waals surface area (Å²) in [6.07, 6.45) is 0. The van der Waals surface area contributed by atoms with Gasteiger partial charge in [-0.2, -0.15) is 0 Å². The van der Waals surface area contributed by atoms with E-state index in [0.29, 0.717) is 21.3 Å². The molecule has 0 saturated heterocycles. The van der Waals surface area contributed by atoms with E-state index in [1.165, 1.54) is 0 Å². The van der Waals surface area contributed by atoms with Crippen molar-refractivity contribution < 1.29 is 5.21 Å². The molecule has 0 aliphatic carbocycles. The van der Waals surface area contributed by atoms with E-state index in [2.05, 4.69) is 5.16 Å². The van der Waals surface area contributed by atoms with Crippen molar-refractivity contribution in [1.82, 2.24) is 0 Å². The summed E-state index contributed by atoms with van der Waals surface area (Å²) in [5.41, 5.74) is 1.09. The van der Waals surface area contributed by atoms with E-state index in [1.54, 1.807) is 25.1 Å². The number of halogens is 2. The minimum Gasteiger partial charge on any atom is -0.411 e. The van der Waals surface area contributed by atoms with Gasteiger partial charge in [0.05, 0.1) is 15.8 Å². The molecule has 12 heavy (non-hydrogen) atoms. The zero-order chi connectivity index (χ0) is 9.14. The third kappa shape index (κ3) is 1.71. The van der Waals surface area contributed by atoms with Crippen LogP contribution in [-0.2, 0) is 0 Å². The maximum Gasteiger partial charge on any atom is 0.0852 e. The molecule has 0 spiro atoms. The average molecular weight is 204 g/mol. The first-order chi connectivity index (χ1) is 5.66. The minimum atomic E-state index is 0.412. The molecule has 1 aromatic rings. The maximum absolute atomic E-state index is 8.49. The number of nitrogens with zero attached hydrogens (tertiary/aromatic N) is 1. The van der Waals surface area contributed by atoms with Crippen molar-refractivity contribution in [2.45, 2.75) is 6.92 Å². The molecular formula is C8H7Cl2NO. The van der Waals surface area contributed by atoms with Crippen LogP contribution >= 0.6 is 23.2 Å². The molecular weight excluding hydrogens is 197 g/mol. The quantitative estimate of drug-likeness (QED) is 0.425. The molecule has 0 heterocycles. The standard InChI is InChI=1S/C8H7Cl2NO/c1-5(11-12)6-3-2-4-7(9)8(6)10/h2-4,12H,1H3/b11-5+. The SMILES string of the molecule is C/C(=N\O)c1cccc(Cl)c1Cl. The number of oxime groups is 1. The second kappa shape index (κ2) is 3.78. The second-order valence-electron chi connectivity index (χ2n) is 2.29. The van der Waals surface area contributed by atoms with Gasteiger partial charge in [0.25, 0.3) is 0 Å². The third-order valence-corrected chi connectivity index (χ3v) is 2.31. The summed E-state index contributed by atoms with van der Waals surface area (Å²) in [5, 5.41) is 12.4. The lowest BCUT2D eigenvalue weighted by molar-refractivity contribution is 0.319. The van der Waals surface area contributed by atoms with Crippen LogP contribution in [0.15, 0.2) is 23.4 Å². The van der Waals surface area contributed by atoms with Crippen molar-refractivity contribution in [2.24, 2.45) is 5.16 Å². The van der Waals surface area contributed by atoms with Crippen molar-refractivity contribution in [3.8, 4) is 0 Å². The molecule has 0 unspecified atom stereocenters. The predicted molar refractivity (Wildman–Crippen MR) is 50.5 cm³/mol. The summed E-state index contributed by atoms with van der Waals surface area (Å²) in [6.45, 7) is 1.65. The Morgan fingerprint density at radius 1 is 1.42 bits per heavy atom. The molecule has 0 fully saturated rings. The van der Waals surface area contributed by atoms with Gasteiger partial charge in [-0.05, 0) is 13.0 Å². The van der Waals surface area contributed by atoms with Crippen LogP contribution in [0, 0.1) is 0 Å². The molecule has 1 aromatic carbocycles. The first-order valence-electron chi connectivity index (χ1n) is 3.30. The van der Waals surface area contributed by atoms with Crippen LogP contribution in [0.5, 0.6) is 0 Å². The van der Waals surface area contributed by atoms with Crippen LogP contribution in [0.25, 0.3) is 0 Å². The maximum atomic E-state index is 8.49. The highest BCUT2D eigenvalue weighted by molar-refractivity contribution is 6.44. The predicted octanol–water partition coefficient (Wildman–Crippen LogP) is 3.19. The molecule has 1 N–H and O–H groups in total. The van der Waals surface area contributed by atoms with Gasteiger partial charge in [0.15, 0.2) is 0 Å². The van der Waals surface area contributed by atoms with Gasteiger partial charge in [0.2, 0.25) is 0 Å². The molecule has 1 rings (SSSR count). The molecule has 0 aliphatic heterocycles. The third-order valence-electron chi connectivity index (χ3n) is 1.49. The molecule has 0 atom stereocenters. The number of rotatable bonds is 1. The number of hydrogen-bond acceptors (Lipinski definition) is 2. The van der Waals surface area contributed by atoms with E-state index in [4.69, 9.17) is 28.4 Å². The Balaban J connectivity index is 3.26. The highest BCUT2D eigenvalue weighted by atomic mass is 35.5. The fourth-order valence-corrected chi connectivity index (χ4v) is 1.27. The van der Waals surface area contributed by atoms with E-state index in [9.17, 15) is 0 Å². The Morgan fingerprint density at radius 3 is 2.67 bits per heavy atom. The molecule has 0 aromatic heterocycles. The lowest BCUT2D eigenvalue weighted by Crippen LogP contribution is -1.95. The Morgan fingerprint density at radius 2 is 2.08 bits per heavy atom. The lowest BCUT2D eigenvalue weighted by atomic mass is 10.1. The van der Waals surface area contributed by atoms with Gasteiger partial charge in [-0.25, -0.2) is 0 Å². The van der Waals surface area contributed by atoms with Gasteiger partial charge in [-0.15, -0.1) is 0 Å². The molecule has 0 amide bonds. The van der Waals surface area contributed by atoms with E-state index < -0.39 is 0 Å². The van der Waals surface area contributed by atoms with Gasteiger partial charge in [0.1, 0.15) is 0 Å². The summed E-state index contributed by atoms with van der Waals surface area (Å²) < 4.78 is 0. The van der Waals surface area contributed by atoms with Crippen molar-refractivity contribution >= 4 is 28.9 Å². The first-order valence-corrected chi connectivity index (χ1v) is 4.05. The minimum absolute atomic E-state index is 0.412. The molecule has 0 saturated carbocycles. The highest BCUT2D eigenvalue weighted by Gasteiger charge is 2.06. The zero-order valence-electron chi connectivity index (χ0n) is 6.38. The van der Waals surface area contributed by atoms with Gasteiger partial charge >= 0.3 is 0 Å². The van der Waals surface area contributed by atoms with E-state index >= 15 is 0 Å². The smallest absolute Gasteiger partial charge is 0.0852 e. The summed E-state index contributed by atoms with van der Waals surface area (Å²) in [7, 11) is 0. The summed E-state index contributed by atoms with van der Waals surface area (Å²) in [6, 6.07) is 5.17. The Hall–Kier alpha value is -0.730. The van der Waals surface area contributed by atoms with Crippen molar-refractivity contribution in [3.05, 3.63) is 33.8 Å². The van der Waals surface area contributed by atoms with Crippen molar-refractivity contribution in [3.63, 3.8) is 0 Å². The molecule has 4 heteroatoms. The van der Waals surface area contributed by atoms with E-state index in [0.717, 1.165) is 0 Å². The van der Waals surface area contributed by atoms with Crippen LogP contribution < -0.4 is 0 Å². The van der Waals surface area contributed by atoms with E-state index in [1.807, 2.05) is 0 Å². The normalized spacial score (nSPS) is 11.8. The molecule has 0 bridgehead atoms. The second-order valence-corrected chi connectivity index (χ2v) is 3.07. The molecule has 0 radical (unpaired) electrons. The number of hydrogen-bond donors (Lipinski definition) is 1. The Bertz CT molecular complexity index is 323. The van der Waals surface area contributed by atoms with Gasteiger partial charge in [0, 0.05) is 5.56 Å². The molecule has 0 aliphatic rings. The van der Waals surface area contributed by atoms with Gasteiger partial charge in [-0.1, -0.05) is 40.5 Å². The Labute approximate surface area is 80.4 Å².